The van der Waals surface area contributed by atoms with E-state index in [1.807, 2.05) is 0 Å². The second kappa shape index (κ2) is 9.05. The van der Waals surface area contributed by atoms with Crippen molar-refractivity contribution < 1.29 is 26.7 Å². The predicted molar refractivity (Wildman–Crippen MR) is 126 cm³/mol. The van der Waals surface area contributed by atoms with Crippen molar-refractivity contribution in [3.05, 3.63) is 64.9 Å². The van der Waals surface area contributed by atoms with Crippen molar-refractivity contribution in [1.82, 2.24) is 15.6 Å². The van der Waals surface area contributed by atoms with E-state index in [1.54, 1.807) is 4.90 Å². The first-order valence-electron chi connectivity index (χ1n) is 11.4. The van der Waals surface area contributed by atoms with E-state index in [0.29, 0.717) is 44.7 Å². The van der Waals surface area contributed by atoms with Gasteiger partial charge in [-0.3, -0.25) is 4.79 Å². The molecule has 0 bridgehead atoms. The Morgan fingerprint density at radius 2 is 1.67 bits per heavy atom. The largest absolute Gasteiger partial charge is 0.418 e. The monoisotopic (exact) mass is 503 g/mol. The van der Waals surface area contributed by atoms with Gasteiger partial charge >= 0.3 is 6.18 Å². The van der Waals surface area contributed by atoms with Crippen LogP contribution in [0.25, 0.3) is 22.3 Å². The summed E-state index contributed by atoms with van der Waals surface area (Å²) in [5.74, 6) is -2.57. The maximum absolute atomic E-state index is 15.0. The third kappa shape index (κ3) is 4.34. The molecule has 0 atom stereocenters. The lowest BCUT2D eigenvalue weighted by Crippen LogP contribution is -2.44. The molecule has 11 heteroatoms. The fourth-order valence-electron chi connectivity index (χ4n) is 4.68. The highest BCUT2D eigenvalue weighted by Gasteiger charge is 2.36. The fraction of sp³-hybridized carbons (Fsp3) is 0.280. The molecule has 2 aliphatic rings. The van der Waals surface area contributed by atoms with Gasteiger partial charge in [-0.2, -0.15) is 17.6 Å². The summed E-state index contributed by atoms with van der Waals surface area (Å²) in [7, 11) is 0. The normalized spacial score (nSPS) is 16.0. The number of hydrogen-bond acceptors (Lipinski definition) is 5. The van der Waals surface area contributed by atoms with Crippen molar-refractivity contribution in [3.63, 3.8) is 0 Å². The van der Waals surface area contributed by atoms with Gasteiger partial charge in [0.05, 0.1) is 5.56 Å². The molecule has 1 amide bonds. The Morgan fingerprint density at radius 1 is 0.917 bits per heavy atom. The lowest BCUT2D eigenvalue weighted by Gasteiger charge is -2.31. The van der Waals surface area contributed by atoms with Crippen LogP contribution in [0.1, 0.15) is 21.5 Å². The third-order valence-corrected chi connectivity index (χ3v) is 6.48. The molecule has 0 saturated carbocycles. The van der Waals surface area contributed by atoms with Crippen molar-refractivity contribution in [2.75, 3.05) is 43.4 Å². The van der Waals surface area contributed by atoms with Crippen LogP contribution in [-0.2, 0) is 12.6 Å². The molecule has 36 heavy (non-hydrogen) atoms. The van der Waals surface area contributed by atoms with Gasteiger partial charge in [-0.1, -0.05) is 6.07 Å². The van der Waals surface area contributed by atoms with Crippen LogP contribution < -0.4 is 21.3 Å². The standard InChI is InChI=1S/C25H22F5N5O/c26-20-12-16-14(3-4-33-24(16)36)9-17(20)18-11-15(22(27)34-23(18)31)13-1-2-21(19(10-13)25(28,29)30)35-7-5-32-6-8-35/h1-2,9-12,32H,3-8H2,(H2,31,34)(H,33,36). The van der Waals surface area contributed by atoms with Gasteiger partial charge in [-0.15, -0.1) is 0 Å². The molecule has 6 nitrogen and oxygen atoms in total. The molecule has 0 unspecified atom stereocenters. The summed E-state index contributed by atoms with van der Waals surface area (Å²) in [5.41, 5.74) is 5.49. The molecule has 1 saturated heterocycles. The number of nitrogen functional groups attached to an aromatic ring is 1. The number of rotatable bonds is 3. The molecular weight excluding hydrogens is 481 g/mol. The van der Waals surface area contributed by atoms with Gasteiger partial charge in [0.2, 0.25) is 5.95 Å². The smallest absolute Gasteiger partial charge is 0.383 e. The number of piperazine rings is 1. The number of halogens is 5. The van der Waals surface area contributed by atoms with Gasteiger partial charge in [0.1, 0.15) is 11.6 Å². The maximum atomic E-state index is 15.0. The average molecular weight is 503 g/mol. The summed E-state index contributed by atoms with van der Waals surface area (Å²) in [5, 5.41) is 5.72. The zero-order valence-corrected chi connectivity index (χ0v) is 19.0. The van der Waals surface area contributed by atoms with Crippen LogP contribution in [0.15, 0.2) is 36.4 Å². The number of amides is 1. The van der Waals surface area contributed by atoms with Crippen LogP contribution in [0.4, 0.5) is 33.5 Å². The Balaban J connectivity index is 1.62. The highest BCUT2D eigenvalue weighted by molar-refractivity contribution is 5.97. The Bertz CT molecular complexity index is 1350. The number of nitrogens with one attached hydrogen (secondary N) is 2. The highest BCUT2D eigenvalue weighted by atomic mass is 19.4. The van der Waals surface area contributed by atoms with Crippen molar-refractivity contribution in [2.45, 2.75) is 12.6 Å². The zero-order valence-electron chi connectivity index (χ0n) is 19.0. The Labute approximate surface area is 203 Å². The molecular formula is C25H22F5N5O. The molecule has 188 valence electrons. The van der Waals surface area contributed by atoms with E-state index >= 15 is 4.39 Å². The molecule has 0 spiro atoms. The topological polar surface area (TPSA) is 83.3 Å². The van der Waals surface area contributed by atoms with Crippen LogP contribution in [0.2, 0.25) is 0 Å². The van der Waals surface area contributed by atoms with E-state index in [4.69, 9.17) is 5.73 Å². The summed E-state index contributed by atoms with van der Waals surface area (Å²) in [6.45, 7) is 2.28. The Kier molecular flexibility index (Phi) is 6.03. The van der Waals surface area contributed by atoms with E-state index in [1.165, 1.54) is 24.3 Å². The zero-order chi connectivity index (χ0) is 25.6. The summed E-state index contributed by atoms with van der Waals surface area (Å²) >= 11 is 0. The lowest BCUT2D eigenvalue weighted by molar-refractivity contribution is -0.137. The van der Waals surface area contributed by atoms with Crippen LogP contribution in [0.3, 0.4) is 0 Å². The SMILES string of the molecule is Nc1nc(F)c(-c2ccc(N3CCNCC3)c(C(F)(F)F)c2)cc1-c1cc2c(cc1F)C(=O)NCC2. The summed E-state index contributed by atoms with van der Waals surface area (Å²) < 4.78 is 71.9. The Morgan fingerprint density at radius 3 is 2.39 bits per heavy atom. The number of carbonyl (C=O) groups excluding carboxylic acids is 1. The highest BCUT2D eigenvalue weighted by Crippen LogP contribution is 2.41. The number of benzene rings is 2. The minimum absolute atomic E-state index is 0.00999. The van der Waals surface area contributed by atoms with Crippen molar-refractivity contribution in [1.29, 1.82) is 0 Å². The van der Waals surface area contributed by atoms with E-state index in [0.717, 1.165) is 12.1 Å². The summed E-state index contributed by atoms with van der Waals surface area (Å²) in [6.07, 6.45) is -4.22. The summed E-state index contributed by atoms with van der Waals surface area (Å²) in [4.78, 5) is 17.3. The van der Waals surface area contributed by atoms with Crippen LogP contribution in [-0.4, -0.2) is 43.6 Å². The first kappa shape index (κ1) is 24.0. The van der Waals surface area contributed by atoms with Crippen LogP contribution in [0.5, 0.6) is 0 Å². The fourth-order valence-corrected chi connectivity index (χ4v) is 4.68. The molecule has 1 fully saturated rings. The molecule has 0 aliphatic carbocycles. The van der Waals surface area contributed by atoms with Crippen LogP contribution >= 0.6 is 0 Å². The quantitative estimate of drug-likeness (QED) is 0.372. The molecule has 3 heterocycles. The van der Waals surface area contributed by atoms with Gasteiger partial charge in [0.15, 0.2) is 0 Å². The first-order chi connectivity index (χ1) is 17.1. The van der Waals surface area contributed by atoms with Crippen molar-refractivity contribution >= 4 is 17.4 Å². The second-order valence-electron chi connectivity index (χ2n) is 8.72. The number of nitrogens with zero attached hydrogens (tertiary/aromatic N) is 2. The van der Waals surface area contributed by atoms with Crippen molar-refractivity contribution in [3.8, 4) is 22.3 Å². The van der Waals surface area contributed by atoms with E-state index in [2.05, 4.69) is 15.6 Å². The number of alkyl halides is 3. The predicted octanol–water partition coefficient (Wildman–Crippen LogP) is 3.99. The number of fused-ring (bicyclic) bond motifs is 1. The van der Waals surface area contributed by atoms with Gasteiger partial charge in [-0.25, -0.2) is 9.37 Å². The molecule has 2 aromatic carbocycles. The van der Waals surface area contributed by atoms with Gasteiger partial charge in [0.25, 0.3) is 5.91 Å². The molecule has 0 radical (unpaired) electrons. The third-order valence-electron chi connectivity index (χ3n) is 6.48. The first-order valence-corrected chi connectivity index (χ1v) is 11.4. The van der Waals surface area contributed by atoms with Crippen LogP contribution in [0, 0.1) is 11.8 Å². The number of nitrogens with two attached hydrogens (primary N) is 1. The number of pyridine rings is 1. The molecule has 3 aromatic rings. The minimum atomic E-state index is -4.68. The van der Waals surface area contributed by atoms with E-state index in [-0.39, 0.29) is 39.3 Å². The minimum Gasteiger partial charge on any atom is -0.383 e. The number of carbonyl (C=O) groups is 1. The number of aromatic nitrogens is 1. The molecule has 2 aliphatic heterocycles. The molecule has 1 aromatic heterocycles. The van der Waals surface area contributed by atoms with E-state index < -0.39 is 29.4 Å². The number of hydrogen-bond donors (Lipinski definition) is 3. The second-order valence-corrected chi connectivity index (χ2v) is 8.72. The molecule has 5 rings (SSSR count). The number of anilines is 2. The lowest BCUT2D eigenvalue weighted by atomic mass is 9.93. The maximum Gasteiger partial charge on any atom is 0.418 e. The average Bonchev–Trinajstić information content (AvgIpc) is 2.84. The van der Waals surface area contributed by atoms with Gasteiger partial charge in [0, 0.05) is 60.7 Å². The van der Waals surface area contributed by atoms with Crippen molar-refractivity contribution in [2.24, 2.45) is 0 Å². The van der Waals surface area contributed by atoms with Gasteiger partial charge in [-0.05, 0) is 47.9 Å². The molecule has 4 N–H and O–H groups in total. The van der Waals surface area contributed by atoms with Gasteiger partial charge < -0.3 is 21.3 Å². The Hall–Kier alpha value is -3.73. The summed E-state index contributed by atoms with van der Waals surface area (Å²) in [6, 6.07) is 7.31. The van der Waals surface area contributed by atoms with E-state index in [9.17, 15) is 22.4 Å².